The van der Waals surface area contributed by atoms with Crippen molar-refractivity contribution in [1.29, 1.82) is 5.41 Å². The lowest BCUT2D eigenvalue weighted by Crippen LogP contribution is -2.39. The lowest BCUT2D eigenvalue weighted by molar-refractivity contribution is -0.0587. The van der Waals surface area contributed by atoms with Crippen molar-refractivity contribution in [2.75, 3.05) is 30.3 Å². The molecule has 4 N–H and O–H groups in total. The number of rotatable bonds is 6. The Morgan fingerprint density at radius 3 is 2.57 bits per heavy atom. The number of halogens is 6. The van der Waals surface area contributed by atoms with Crippen LogP contribution in [0.3, 0.4) is 0 Å². The summed E-state index contributed by atoms with van der Waals surface area (Å²) in [6.07, 6.45) is -4.28. The van der Waals surface area contributed by atoms with Crippen LogP contribution in [-0.4, -0.2) is 31.5 Å². The Balaban J connectivity index is 2.04. The predicted molar refractivity (Wildman–Crippen MR) is 113 cm³/mol. The quantitative estimate of drug-likeness (QED) is 0.249. The van der Waals surface area contributed by atoms with Crippen LogP contribution in [0.1, 0.15) is 24.5 Å². The third-order valence-corrected chi connectivity index (χ3v) is 5.81. The van der Waals surface area contributed by atoms with Crippen molar-refractivity contribution in [2.24, 2.45) is 0 Å². The summed E-state index contributed by atoms with van der Waals surface area (Å²) in [7, 11) is 0. The van der Waals surface area contributed by atoms with Gasteiger partial charge in [0.05, 0.1) is 15.6 Å². The fourth-order valence-electron chi connectivity index (χ4n) is 3.65. The first-order valence-electron chi connectivity index (χ1n) is 9.26. The smallest absolute Gasteiger partial charge is 0.385 e. The zero-order valence-electron chi connectivity index (χ0n) is 16.0. The first-order valence-corrected chi connectivity index (χ1v) is 10.0. The Bertz CT molecular complexity index is 957. The Hall–Kier alpha value is -2.03. The second-order valence-electron chi connectivity index (χ2n) is 7.02. The van der Waals surface area contributed by atoms with Gasteiger partial charge in [-0.25, -0.2) is 4.39 Å². The van der Waals surface area contributed by atoms with Crippen LogP contribution in [0.15, 0.2) is 30.3 Å². The minimum atomic E-state index is -4.77. The first-order chi connectivity index (χ1) is 14.1. The maximum atomic E-state index is 14.8. The van der Waals surface area contributed by atoms with E-state index in [0.29, 0.717) is 31.7 Å². The molecule has 0 aliphatic carbocycles. The van der Waals surface area contributed by atoms with Gasteiger partial charge < -0.3 is 16.0 Å². The second-order valence-corrected chi connectivity index (χ2v) is 7.80. The number of anilines is 2. The van der Waals surface area contributed by atoms with Gasteiger partial charge in [0.1, 0.15) is 11.5 Å². The average Bonchev–Trinajstić information content (AvgIpc) is 3.13. The maximum absolute atomic E-state index is 14.8. The molecule has 0 bridgehead atoms. The summed E-state index contributed by atoms with van der Waals surface area (Å²) < 4.78 is 53.9. The van der Waals surface area contributed by atoms with Crippen molar-refractivity contribution in [1.82, 2.24) is 5.32 Å². The number of benzene rings is 2. The Morgan fingerprint density at radius 2 is 1.97 bits per heavy atom. The van der Waals surface area contributed by atoms with Crippen LogP contribution in [0.2, 0.25) is 10.0 Å². The molecule has 4 nitrogen and oxygen atoms in total. The third-order valence-electron chi connectivity index (χ3n) is 5.00. The van der Waals surface area contributed by atoms with Crippen molar-refractivity contribution in [3.8, 4) is 0 Å². The second kappa shape index (κ2) is 8.61. The molecule has 1 heterocycles. The Morgan fingerprint density at radius 1 is 1.23 bits per heavy atom. The highest BCUT2D eigenvalue weighted by Crippen LogP contribution is 2.41. The molecular formula is C20H20Cl2F4N4. The van der Waals surface area contributed by atoms with E-state index in [9.17, 15) is 17.6 Å². The van der Waals surface area contributed by atoms with Gasteiger partial charge >= 0.3 is 6.18 Å². The van der Waals surface area contributed by atoms with Gasteiger partial charge in [0.25, 0.3) is 0 Å². The van der Waals surface area contributed by atoms with E-state index in [2.05, 4.69) is 16.0 Å². The summed E-state index contributed by atoms with van der Waals surface area (Å²) >= 11 is 12.4. The van der Waals surface area contributed by atoms with E-state index in [1.165, 1.54) is 30.3 Å². The summed E-state index contributed by atoms with van der Waals surface area (Å²) in [5, 5.41) is 17.0. The van der Waals surface area contributed by atoms with Crippen LogP contribution in [-0.2, 0) is 5.54 Å². The van der Waals surface area contributed by atoms with Gasteiger partial charge in [-0.15, -0.1) is 0 Å². The summed E-state index contributed by atoms with van der Waals surface area (Å²) in [6.45, 7) is 3.04. The van der Waals surface area contributed by atoms with E-state index in [4.69, 9.17) is 28.6 Å². The molecule has 2 aromatic rings. The Labute approximate surface area is 181 Å². The zero-order chi connectivity index (χ0) is 22.1. The molecular weight excluding hydrogens is 443 g/mol. The molecule has 0 aromatic heterocycles. The van der Waals surface area contributed by atoms with Crippen molar-refractivity contribution in [3.05, 3.63) is 57.3 Å². The number of nitrogens with one attached hydrogen (secondary N) is 4. The molecule has 1 saturated heterocycles. The summed E-state index contributed by atoms with van der Waals surface area (Å²) in [6, 6.07) is 6.76. The van der Waals surface area contributed by atoms with Crippen molar-refractivity contribution < 1.29 is 17.6 Å². The van der Waals surface area contributed by atoms with E-state index in [-0.39, 0.29) is 26.9 Å². The molecule has 162 valence electrons. The van der Waals surface area contributed by atoms with Crippen LogP contribution in [0.4, 0.5) is 28.9 Å². The van der Waals surface area contributed by atoms with Crippen LogP contribution in [0.25, 0.3) is 0 Å². The van der Waals surface area contributed by atoms with Crippen LogP contribution in [0.5, 0.6) is 0 Å². The lowest BCUT2D eigenvalue weighted by atomic mass is 9.87. The molecule has 0 saturated carbocycles. The largest absolute Gasteiger partial charge is 0.433 e. The van der Waals surface area contributed by atoms with Crippen molar-refractivity contribution in [3.63, 3.8) is 0 Å². The number of hydrogen-bond donors (Lipinski definition) is 4. The molecule has 1 aliphatic rings. The van der Waals surface area contributed by atoms with Gasteiger partial charge in [0.2, 0.25) is 0 Å². The Kier molecular flexibility index (Phi) is 6.50. The summed E-state index contributed by atoms with van der Waals surface area (Å²) in [4.78, 5) is 0. The molecule has 10 heteroatoms. The van der Waals surface area contributed by atoms with E-state index in [1.54, 1.807) is 6.92 Å². The minimum Gasteiger partial charge on any atom is -0.385 e. The van der Waals surface area contributed by atoms with Crippen molar-refractivity contribution in [2.45, 2.75) is 25.1 Å². The third kappa shape index (κ3) is 4.36. The zero-order valence-corrected chi connectivity index (χ0v) is 17.5. The van der Waals surface area contributed by atoms with Gasteiger partial charge in [-0.2, -0.15) is 13.2 Å². The number of hydrogen-bond acceptors (Lipinski definition) is 4. The lowest BCUT2D eigenvalue weighted by Gasteiger charge is -2.33. The molecule has 1 unspecified atom stereocenters. The maximum Gasteiger partial charge on any atom is 0.433 e. The van der Waals surface area contributed by atoms with E-state index < -0.39 is 23.2 Å². The fourth-order valence-corrected chi connectivity index (χ4v) is 4.14. The molecule has 3 rings (SSSR count). The van der Waals surface area contributed by atoms with Crippen LogP contribution in [0, 0.1) is 11.2 Å². The highest BCUT2D eigenvalue weighted by molar-refractivity contribution is 6.42. The first kappa shape index (κ1) is 22.7. The summed E-state index contributed by atoms with van der Waals surface area (Å²) in [5.41, 5.74) is -1.81. The molecule has 30 heavy (non-hydrogen) atoms. The highest BCUT2D eigenvalue weighted by Gasteiger charge is 2.41. The van der Waals surface area contributed by atoms with Crippen LogP contribution >= 0.6 is 23.2 Å². The molecule has 1 fully saturated rings. The van der Waals surface area contributed by atoms with E-state index in [0.717, 1.165) is 0 Å². The predicted octanol–water partition coefficient (Wildman–Crippen LogP) is 5.80. The molecule has 0 radical (unpaired) electrons. The van der Waals surface area contributed by atoms with Crippen LogP contribution < -0.4 is 16.0 Å². The molecule has 0 amide bonds. The monoisotopic (exact) mass is 462 g/mol. The van der Waals surface area contributed by atoms with Crippen molar-refractivity contribution >= 4 is 40.3 Å². The van der Waals surface area contributed by atoms with Gasteiger partial charge in [-0.1, -0.05) is 23.2 Å². The highest BCUT2D eigenvalue weighted by atomic mass is 35.5. The molecule has 1 atom stereocenters. The van der Waals surface area contributed by atoms with E-state index in [1.807, 2.05) is 0 Å². The van der Waals surface area contributed by atoms with Gasteiger partial charge in [0, 0.05) is 35.6 Å². The molecule has 0 spiro atoms. The molecule has 2 aromatic carbocycles. The van der Waals surface area contributed by atoms with Gasteiger partial charge in [0.15, 0.2) is 0 Å². The SMILES string of the molecule is CCNc1cc(NC2(c3c(F)ccc(Cl)c3Cl)CCNC2)ccc1C(=N)C(F)(F)F. The normalized spacial score (nSPS) is 19.0. The average molecular weight is 463 g/mol. The number of alkyl halides is 3. The summed E-state index contributed by atoms with van der Waals surface area (Å²) in [5.74, 6) is -0.525. The molecule has 1 aliphatic heterocycles. The van der Waals surface area contributed by atoms with E-state index >= 15 is 0 Å². The van der Waals surface area contributed by atoms with Gasteiger partial charge in [-0.3, -0.25) is 5.41 Å². The fraction of sp³-hybridized carbons (Fsp3) is 0.350. The minimum absolute atomic E-state index is 0.0928. The standard InChI is InChI=1S/C20H20Cl2F4N4/c1-2-29-15-9-11(3-4-12(15)18(27)20(24,25)26)30-19(7-8-28-10-19)16-14(23)6-5-13(21)17(16)22/h3-6,9,27-30H,2,7-8,10H2,1H3. The topological polar surface area (TPSA) is 59.9 Å². The van der Waals surface area contributed by atoms with Gasteiger partial charge in [-0.05, 0) is 50.2 Å².